The summed E-state index contributed by atoms with van der Waals surface area (Å²) in [5.74, 6) is 1.45. The molecule has 1 aromatic rings. The summed E-state index contributed by atoms with van der Waals surface area (Å²) >= 11 is 0. The van der Waals surface area contributed by atoms with Gasteiger partial charge in [0.2, 0.25) is 0 Å². The zero-order valence-corrected chi connectivity index (χ0v) is 14.8. The van der Waals surface area contributed by atoms with Crippen LogP contribution in [0, 0.1) is 11.8 Å². The third-order valence-corrected chi connectivity index (χ3v) is 3.57. The van der Waals surface area contributed by atoms with E-state index in [-0.39, 0.29) is 0 Å². The Bertz CT molecular complexity index is 386. The lowest BCUT2D eigenvalue weighted by Gasteiger charge is -2.24. The maximum absolute atomic E-state index is 3.74. The largest absolute Gasteiger partial charge is 0.309 e. The molecule has 1 N–H and O–H groups in total. The van der Waals surface area contributed by atoms with Gasteiger partial charge in [-0.15, -0.1) is 0 Å². The molecule has 1 aromatic carbocycles. The van der Waals surface area contributed by atoms with Crippen LogP contribution in [-0.4, -0.2) is 31.6 Å². The third-order valence-electron chi connectivity index (χ3n) is 3.57. The summed E-state index contributed by atoms with van der Waals surface area (Å²) in [7, 11) is 4.30. The van der Waals surface area contributed by atoms with Crippen LogP contribution in [0.5, 0.6) is 0 Å². The highest BCUT2D eigenvalue weighted by molar-refractivity contribution is 5.23. The SMILES string of the molecule is CC(C)Cc1cccc(CN[C@@H](CC(C)C)CN(C)C)c1. The molecule has 0 saturated heterocycles. The Labute approximate surface area is 131 Å². The van der Waals surface area contributed by atoms with Crippen molar-refractivity contribution in [2.45, 2.75) is 53.1 Å². The van der Waals surface area contributed by atoms with E-state index in [9.17, 15) is 0 Å². The predicted molar refractivity (Wildman–Crippen MR) is 93.6 cm³/mol. The number of rotatable bonds is 9. The van der Waals surface area contributed by atoms with E-state index in [0.29, 0.717) is 6.04 Å². The summed E-state index contributed by atoms with van der Waals surface area (Å²) in [6, 6.07) is 9.59. The van der Waals surface area contributed by atoms with Crippen LogP contribution in [0.2, 0.25) is 0 Å². The Balaban J connectivity index is 2.58. The van der Waals surface area contributed by atoms with Gasteiger partial charge in [0.25, 0.3) is 0 Å². The minimum Gasteiger partial charge on any atom is -0.309 e. The summed E-state index contributed by atoms with van der Waals surface area (Å²) < 4.78 is 0. The highest BCUT2D eigenvalue weighted by atomic mass is 15.1. The minimum absolute atomic E-state index is 0.564. The second kappa shape index (κ2) is 9.22. The van der Waals surface area contributed by atoms with Crippen molar-refractivity contribution in [1.82, 2.24) is 10.2 Å². The smallest absolute Gasteiger partial charge is 0.0208 e. The van der Waals surface area contributed by atoms with E-state index in [4.69, 9.17) is 0 Å². The molecule has 21 heavy (non-hydrogen) atoms. The van der Waals surface area contributed by atoms with Gasteiger partial charge in [-0.1, -0.05) is 52.0 Å². The average molecular weight is 290 g/mol. The molecule has 0 aromatic heterocycles. The molecule has 1 atom stereocenters. The third kappa shape index (κ3) is 8.23. The maximum atomic E-state index is 3.74. The molecule has 0 heterocycles. The summed E-state index contributed by atoms with van der Waals surface area (Å²) in [4.78, 5) is 2.27. The van der Waals surface area contributed by atoms with Crippen molar-refractivity contribution in [3.8, 4) is 0 Å². The quantitative estimate of drug-likeness (QED) is 0.741. The molecule has 0 amide bonds. The number of nitrogens with zero attached hydrogens (tertiary/aromatic N) is 1. The van der Waals surface area contributed by atoms with Crippen LogP contribution in [0.4, 0.5) is 0 Å². The van der Waals surface area contributed by atoms with E-state index in [2.05, 4.69) is 76.3 Å². The standard InChI is InChI=1S/C19H34N2/c1-15(2)10-17-8-7-9-18(12-17)13-20-19(11-16(3)4)14-21(5)6/h7-9,12,15-16,19-20H,10-11,13-14H2,1-6H3/t19-/m0/s1. The van der Waals surface area contributed by atoms with Gasteiger partial charge in [0, 0.05) is 19.1 Å². The fraction of sp³-hybridized carbons (Fsp3) is 0.684. The molecule has 120 valence electrons. The Morgan fingerprint density at radius 3 is 2.24 bits per heavy atom. The van der Waals surface area contributed by atoms with Crippen molar-refractivity contribution >= 4 is 0 Å². The molecule has 0 aliphatic rings. The Morgan fingerprint density at radius 1 is 1.00 bits per heavy atom. The van der Waals surface area contributed by atoms with Crippen molar-refractivity contribution in [2.24, 2.45) is 11.8 Å². The van der Waals surface area contributed by atoms with Crippen LogP contribution < -0.4 is 5.32 Å². The molecule has 0 spiro atoms. The van der Waals surface area contributed by atoms with Gasteiger partial charge in [0.15, 0.2) is 0 Å². The van der Waals surface area contributed by atoms with Gasteiger partial charge in [-0.05, 0) is 49.9 Å². The van der Waals surface area contributed by atoms with Crippen LogP contribution in [0.15, 0.2) is 24.3 Å². The molecule has 0 bridgehead atoms. The highest BCUT2D eigenvalue weighted by Crippen LogP contribution is 2.12. The maximum Gasteiger partial charge on any atom is 0.0208 e. The Hall–Kier alpha value is -0.860. The molecule has 1 rings (SSSR count). The fourth-order valence-corrected chi connectivity index (χ4v) is 2.83. The second-order valence-corrected chi connectivity index (χ2v) is 7.39. The molecule has 0 saturated carbocycles. The topological polar surface area (TPSA) is 15.3 Å². The molecular formula is C19H34N2. The van der Waals surface area contributed by atoms with Crippen LogP contribution in [-0.2, 0) is 13.0 Å². The van der Waals surface area contributed by atoms with Crippen LogP contribution in [0.3, 0.4) is 0 Å². The Kier molecular flexibility index (Phi) is 7.98. The van der Waals surface area contributed by atoms with Crippen molar-refractivity contribution in [3.05, 3.63) is 35.4 Å². The molecule has 0 unspecified atom stereocenters. The lowest BCUT2D eigenvalue weighted by molar-refractivity contribution is 0.305. The van der Waals surface area contributed by atoms with Crippen molar-refractivity contribution in [3.63, 3.8) is 0 Å². The first kappa shape index (κ1) is 18.2. The second-order valence-electron chi connectivity index (χ2n) is 7.39. The van der Waals surface area contributed by atoms with E-state index in [1.807, 2.05) is 0 Å². The van der Waals surface area contributed by atoms with E-state index < -0.39 is 0 Å². The number of hydrogen-bond donors (Lipinski definition) is 1. The molecule has 0 aliphatic carbocycles. The van der Waals surface area contributed by atoms with E-state index in [1.54, 1.807) is 0 Å². The normalized spacial score (nSPS) is 13.4. The lowest BCUT2D eigenvalue weighted by atomic mass is 10.0. The first-order valence-corrected chi connectivity index (χ1v) is 8.32. The number of likely N-dealkylation sites (N-methyl/N-ethyl adjacent to an activating group) is 1. The Morgan fingerprint density at radius 2 is 1.67 bits per heavy atom. The molecule has 2 heteroatoms. The van der Waals surface area contributed by atoms with Crippen LogP contribution >= 0.6 is 0 Å². The van der Waals surface area contributed by atoms with Crippen molar-refractivity contribution in [2.75, 3.05) is 20.6 Å². The minimum atomic E-state index is 0.564. The van der Waals surface area contributed by atoms with Gasteiger partial charge in [-0.2, -0.15) is 0 Å². The van der Waals surface area contributed by atoms with Gasteiger partial charge in [-0.25, -0.2) is 0 Å². The first-order chi connectivity index (χ1) is 9.86. The lowest BCUT2D eigenvalue weighted by Crippen LogP contribution is -2.38. The number of benzene rings is 1. The summed E-state index contributed by atoms with van der Waals surface area (Å²) in [6.45, 7) is 11.2. The fourth-order valence-electron chi connectivity index (χ4n) is 2.83. The van der Waals surface area contributed by atoms with Gasteiger partial charge in [0.1, 0.15) is 0 Å². The first-order valence-electron chi connectivity index (χ1n) is 8.32. The van der Waals surface area contributed by atoms with Gasteiger partial charge in [-0.3, -0.25) is 0 Å². The van der Waals surface area contributed by atoms with E-state index in [0.717, 1.165) is 24.9 Å². The van der Waals surface area contributed by atoms with Crippen molar-refractivity contribution in [1.29, 1.82) is 0 Å². The molecular weight excluding hydrogens is 256 g/mol. The zero-order chi connectivity index (χ0) is 15.8. The summed E-state index contributed by atoms with van der Waals surface area (Å²) in [6.07, 6.45) is 2.39. The van der Waals surface area contributed by atoms with Gasteiger partial charge in [0.05, 0.1) is 0 Å². The average Bonchev–Trinajstić information content (AvgIpc) is 2.34. The summed E-state index contributed by atoms with van der Waals surface area (Å²) in [5.41, 5.74) is 2.86. The van der Waals surface area contributed by atoms with Crippen LogP contribution in [0.25, 0.3) is 0 Å². The predicted octanol–water partition coefficient (Wildman–Crippen LogP) is 3.95. The monoisotopic (exact) mass is 290 g/mol. The molecule has 0 fully saturated rings. The van der Waals surface area contributed by atoms with E-state index in [1.165, 1.54) is 24.0 Å². The molecule has 2 nitrogen and oxygen atoms in total. The van der Waals surface area contributed by atoms with Gasteiger partial charge < -0.3 is 10.2 Å². The molecule has 0 radical (unpaired) electrons. The highest BCUT2D eigenvalue weighted by Gasteiger charge is 2.11. The van der Waals surface area contributed by atoms with Crippen molar-refractivity contribution < 1.29 is 0 Å². The van der Waals surface area contributed by atoms with Crippen LogP contribution in [0.1, 0.15) is 45.2 Å². The van der Waals surface area contributed by atoms with E-state index >= 15 is 0 Å². The number of hydrogen-bond acceptors (Lipinski definition) is 2. The zero-order valence-electron chi connectivity index (χ0n) is 14.8. The van der Waals surface area contributed by atoms with Gasteiger partial charge >= 0.3 is 0 Å². The number of nitrogens with one attached hydrogen (secondary N) is 1. The molecule has 0 aliphatic heterocycles. The summed E-state index contributed by atoms with van der Waals surface area (Å²) in [5, 5.41) is 3.74.